The van der Waals surface area contributed by atoms with Gasteiger partial charge in [0.1, 0.15) is 30.5 Å². The number of carbonyl (C=O) groups excluding carboxylic acids is 1. The molecule has 35 heavy (non-hydrogen) atoms. The van der Waals surface area contributed by atoms with Gasteiger partial charge in [-0.1, -0.05) is 17.7 Å². The summed E-state index contributed by atoms with van der Waals surface area (Å²) in [4.78, 5) is 16.8. The maximum absolute atomic E-state index is 12.3. The van der Waals surface area contributed by atoms with Gasteiger partial charge in [0.2, 0.25) is 5.75 Å². The largest absolute Gasteiger partial charge is 0.489 e. The monoisotopic (exact) mass is 497 g/mol. The van der Waals surface area contributed by atoms with E-state index in [1.807, 2.05) is 18.2 Å². The molecule has 2 aliphatic rings. The molecule has 0 radical (unpaired) electrons. The maximum atomic E-state index is 12.3. The van der Waals surface area contributed by atoms with E-state index in [9.17, 15) is 4.79 Å². The van der Waals surface area contributed by atoms with Crippen LogP contribution in [0.4, 0.5) is 0 Å². The fourth-order valence-corrected chi connectivity index (χ4v) is 4.38. The van der Waals surface area contributed by atoms with Crippen molar-refractivity contribution in [3.63, 3.8) is 0 Å². The quantitative estimate of drug-likeness (QED) is 0.311. The van der Waals surface area contributed by atoms with E-state index in [-0.39, 0.29) is 5.78 Å². The van der Waals surface area contributed by atoms with Gasteiger partial charge in [0, 0.05) is 50.3 Å². The summed E-state index contributed by atoms with van der Waals surface area (Å²) < 4.78 is 29.2. The Morgan fingerprint density at radius 2 is 1.91 bits per heavy atom. The topological polar surface area (TPSA) is 76.1 Å². The number of fused-ring (bicyclic) bond motifs is 3. The molecule has 0 atom stereocenters. The summed E-state index contributed by atoms with van der Waals surface area (Å²) >= 11 is 6.50. The molecular weight excluding hydrogens is 470 g/mol. The van der Waals surface area contributed by atoms with Crippen LogP contribution in [0.25, 0.3) is 10.9 Å². The number of pyridine rings is 1. The highest BCUT2D eigenvalue weighted by atomic mass is 35.5. The van der Waals surface area contributed by atoms with Crippen LogP contribution in [0.2, 0.25) is 5.02 Å². The maximum Gasteiger partial charge on any atom is 0.204 e. The Morgan fingerprint density at radius 3 is 2.69 bits per heavy atom. The van der Waals surface area contributed by atoms with Crippen LogP contribution in [-0.4, -0.2) is 44.3 Å². The molecule has 1 fully saturated rings. The third-order valence-electron chi connectivity index (χ3n) is 6.05. The molecule has 2 aromatic carbocycles. The summed E-state index contributed by atoms with van der Waals surface area (Å²) in [6.07, 6.45) is 5.74. The van der Waals surface area contributed by atoms with Gasteiger partial charge < -0.3 is 23.7 Å². The van der Waals surface area contributed by atoms with Crippen molar-refractivity contribution >= 4 is 28.3 Å². The number of nitrogens with zero attached hydrogens (tertiary/aromatic N) is 1. The molecule has 5 rings (SSSR count). The number of ketones is 1. The molecule has 0 bridgehead atoms. The molecule has 0 saturated heterocycles. The average molecular weight is 498 g/mol. The first-order chi connectivity index (χ1) is 17.1. The number of carbonyl (C=O) groups is 1. The minimum absolute atomic E-state index is 0.229. The summed E-state index contributed by atoms with van der Waals surface area (Å²) in [5.41, 5.74) is 1.48. The van der Waals surface area contributed by atoms with Gasteiger partial charge in [-0.2, -0.15) is 0 Å². The van der Waals surface area contributed by atoms with Crippen LogP contribution in [0.1, 0.15) is 31.2 Å². The molecule has 8 heteroatoms. The number of halogens is 1. The zero-order chi connectivity index (χ0) is 24.2. The average Bonchev–Trinajstić information content (AvgIpc) is 3.67. The number of ether oxygens (including phenoxy) is 5. The zero-order valence-corrected chi connectivity index (χ0v) is 20.4. The van der Waals surface area contributed by atoms with Crippen molar-refractivity contribution in [2.24, 2.45) is 5.92 Å². The molecule has 0 amide bonds. The third-order valence-corrected chi connectivity index (χ3v) is 6.40. The second kappa shape index (κ2) is 10.7. The van der Waals surface area contributed by atoms with Gasteiger partial charge in [0.05, 0.1) is 17.5 Å². The van der Waals surface area contributed by atoms with Crippen molar-refractivity contribution in [3.05, 3.63) is 47.1 Å². The van der Waals surface area contributed by atoms with Crippen LogP contribution in [0.15, 0.2) is 36.5 Å². The Kier molecular flexibility index (Phi) is 7.25. The molecule has 1 aromatic heterocycles. The van der Waals surface area contributed by atoms with Crippen LogP contribution < -0.4 is 18.9 Å². The van der Waals surface area contributed by atoms with Crippen molar-refractivity contribution in [3.8, 4) is 28.7 Å². The molecule has 1 saturated carbocycles. The Bertz CT molecular complexity index is 1230. The summed E-state index contributed by atoms with van der Waals surface area (Å²) in [7, 11) is 1.66. The first kappa shape index (κ1) is 23.7. The molecule has 1 aliphatic carbocycles. The second-order valence-corrected chi connectivity index (χ2v) is 9.25. The first-order valence-corrected chi connectivity index (χ1v) is 12.3. The van der Waals surface area contributed by atoms with Crippen LogP contribution in [-0.2, 0) is 16.0 Å². The molecule has 2 heterocycles. The van der Waals surface area contributed by atoms with E-state index in [1.165, 1.54) is 0 Å². The van der Waals surface area contributed by atoms with E-state index in [0.29, 0.717) is 89.9 Å². The molecule has 184 valence electrons. The Hall–Kier alpha value is -3.03. The van der Waals surface area contributed by atoms with Gasteiger partial charge in [0.25, 0.3) is 0 Å². The predicted octanol–water partition coefficient (Wildman–Crippen LogP) is 5.78. The highest BCUT2D eigenvalue weighted by Crippen LogP contribution is 2.48. The molecule has 0 unspecified atom stereocenters. The lowest BCUT2D eigenvalue weighted by atomic mass is 10.0. The van der Waals surface area contributed by atoms with Crippen molar-refractivity contribution in [2.45, 2.75) is 32.1 Å². The molecule has 0 N–H and O–H groups in total. The van der Waals surface area contributed by atoms with E-state index < -0.39 is 0 Å². The van der Waals surface area contributed by atoms with E-state index in [0.717, 1.165) is 24.8 Å². The van der Waals surface area contributed by atoms with Crippen LogP contribution in [0, 0.1) is 5.92 Å². The zero-order valence-electron chi connectivity index (χ0n) is 19.7. The standard InChI is InChI=1S/C27H28ClNO6/c1-31-9-2-10-32-24-16-22-25(27-26(24)33-11-12-34-27)23(7-8-29-22)35-20-6-5-18(21(28)15-20)14-19(30)13-17-3-4-17/h5-8,15-17H,2-4,9-14H2,1H3. The lowest BCUT2D eigenvalue weighted by molar-refractivity contribution is -0.118. The number of benzene rings is 2. The van der Waals surface area contributed by atoms with Crippen LogP contribution in [0.5, 0.6) is 28.7 Å². The molecule has 3 aromatic rings. The van der Waals surface area contributed by atoms with Crippen molar-refractivity contribution in [1.82, 2.24) is 4.98 Å². The van der Waals surface area contributed by atoms with E-state index in [4.69, 9.17) is 35.3 Å². The lowest BCUT2D eigenvalue weighted by Crippen LogP contribution is -2.17. The number of hydrogen-bond acceptors (Lipinski definition) is 7. The summed E-state index contributed by atoms with van der Waals surface area (Å²) in [6, 6.07) is 9.04. The Balaban J connectivity index is 1.40. The third kappa shape index (κ3) is 5.63. The number of aromatic nitrogens is 1. The van der Waals surface area contributed by atoms with Crippen molar-refractivity contribution in [1.29, 1.82) is 0 Å². The fourth-order valence-electron chi connectivity index (χ4n) is 4.14. The highest BCUT2D eigenvalue weighted by molar-refractivity contribution is 6.31. The van der Waals surface area contributed by atoms with E-state index >= 15 is 0 Å². The lowest BCUT2D eigenvalue weighted by Gasteiger charge is -2.23. The molecule has 7 nitrogen and oxygen atoms in total. The van der Waals surface area contributed by atoms with Crippen molar-refractivity contribution < 1.29 is 28.5 Å². The van der Waals surface area contributed by atoms with Gasteiger partial charge in [-0.05, 0) is 42.5 Å². The minimum atomic E-state index is 0.229. The molecule has 0 spiro atoms. The smallest absolute Gasteiger partial charge is 0.204 e. The second-order valence-electron chi connectivity index (χ2n) is 8.85. The fraction of sp³-hybridized carbons (Fsp3) is 0.407. The first-order valence-electron chi connectivity index (χ1n) is 11.9. The van der Waals surface area contributed by atoms with E-state index in [1.54, 1.807) is 25.4 Å². The summed E-state index contributed by atoms with van der Waals surface area (Å²) in [5, 5.41) is 1.21. The van der Waals surface area contributed by atoms with Gasteiger partial charge >= 0.3 is 0 Å². The SMILES string of the molecule is COCCCOc1cc2nccc(Oc3ccc(CC(=O)CC4CC4)c(Cl)c3)c2c2c1OCCO2. The Morgan fingerprint density at radius 1 is 1.09 bits per heavy atom. The number of rotatable bonds is 11. The number of hydrogen-bond donors (Lipinski definition) is 0. The minimum Gasteiger partial charge on any atom is -0.489 e. The van der Waals surface area contributed by atoms with Gasteiger partial charge in [-0.15, -0.1) is 0 Å². The number of Topliss-reactive ketones (excluding diaryl/α,β-unsaturated/α-hetero) is 1. The summed E-state index contributed by atoms with van der Waals surface area (Å²) in [6.45, 7) is 1.94. The summed E-state index contributed by atoms with van der Waals surface area (Å²) in [5.74, 6) is 3.59. The predicted molar refractivity (Wildman–Crippen MR) is 132 cm³/mol. The van der Waals surface area contributed by atoms with Crippen molar-refractivity contribution in [2.75, 3.05) is 33.5 Å². The molecule has 1 aliphatic heterocycles. The normalized spacial score (nSPS) is 14.7. The number of methoxy groups -OCH3 is 1. The molecular formula is C27H28ClNO6. The van der Waals surface area contributed by atoms with Gasteiger partial charge in [-0.3, -0.25) is 9.78 Å². The van der Waals surface area contributed by atoms with Crippen LogP contribution in [0.3, 0.4) is 0 Å². The van der Waals surface area contributed by atoms with Gasteiger partial charge in [0.15, 0.2) is 11.5 Å². The Labute approximate surface area is 209 Å². The van der Waals surface area contributed by atoms with Gasteiger partial charge in [-0.25, -0.2) is 0 Å². The van der Waals surface area contributed by atoms with Crippen LogP contribution >= 0.6 is 11.6 Å². The van der Waals surface area contributed by atoms with E-state index in [2.05, 4.69) is 4.98 Å². The highest BCUT2D eigenvalue weighted by Gasteiger charge is 2.26.